The molecule has 248 valence electrons. The lowest BCUT2D eigenvalue weighted by Crippen LogP contribution is -2.13. The quantitative estimate of drug-likeness (QED) is 0.150. The van der Waals surface area contributed by atoms with E-state index in [0.717, 1.165) is 29.9 Å². The van der Waals surface area contributed by atoms with Crippen LogP contribution in [-0.4, -0.2) is 32.7 Å². The van der Waals surface area contributed by atoms with Crippen molar-refractivity contribution in [3.05, 3.63) is 83.9 Å². The minimum absolute atomic E-state index is 0.0213. The van der Waals surface area contributed by atoms with E-state index in [2.05, 4.69) is 9.98 Å². The van der Waals surface area contributed by atoms with Gasteiger partial charge in [-0.25, -0.2) is 28.7 Å². The molecule has 8 rings (SSSR count). The first-order chi connectivity index (χ1) is 25.4. The fraction of sp³-hybridized carbons (Fsp3) is 0.0556. The van der Waals surface area contributed by atoms with Gasteiger partial charge in [-0.1, -0.05) is 60.7 Å². The summed E-state index contributed by atoms with van der Waals surface area (Å²) < 4.78 is 18.9. The van der Waals surface area contributed by atoms with E-state index in [-0.39, 0.29) is 24.6 Å². The van der Waals surface area contributed by atoms with Crippen molar-refractivity contribution in [3.63, 3.8) is 0 Å². The zero-order chi connectivity index (χ0) is 35.9. The molecule has 0 spiro atoms. The zero-order valence-corrected chi connectivity index (χ0v) is 29.5. The minimum atomic E-state index is -0.640. The van der Waals surface area contributed by atoms with E-state index < -0.39 is 12.2 Å². The monoisotopic (exact) mass is 752 g/mol. The molecule has 2 aromatic carbocycles. The van der Waals surface area contributed by atoms with Gasteiger partial charge >= 0.3 is 12.2 Å². The predicted octanol–water partition coefficient (Wildman–Crippen LogP) is 9.91. The van der Waals surface area contributed by atoms with Crippen molar-refractivity contribution in [1.82, 2.24) is 9.13 Å². The number of carbonyl (C=O) groups excluding carboxylic acids is 2. The van der Waals surface area contributed by atoms with E-state index in [9.17, 15) is 30.6 Å². The molecule has 0 atom stereocenters. The Balaban J connectivity index is 1.36. The SMILES string of the molecule is N#CC(C#N)=Nc1cc2c(s1)c1sc3c(sc4c5sc(N=C(C#N)C#N)cc5n(C(=O)OCc5ccccc5)c43)c1n2C(=O)OCc1ccccc1. The summed E-state index contributed by atoms with van der Waals surface area (Å²) in [7, 11) is 0. The molecule has 0 N–H and O–H groups in total. The highest BCUT2D eigenvalue weighted by Gasteiger charge is 2.30. The first-order valence-electron chi connectivity index (χ1n) is 15.1. The van der Waals surface area contributed by atoms with Crippen LogP contribution in [0, 0.1) is 45.3 Å². The number of aromatic nitrogens is 2. The summed E-state index contributed by atoms with van der Waals surface area (Å²) in [5, 5.41) is 38.0. The molecule has 0 bridgehead atoms. The Morgan fingerprint density at radius 3 is 1.29 bits per heavy atom. The number of carbonyl (C=O) groups is 2. The van der Waals surface area contributed by atoms with Crippen LogP contribution in [0.5, 0.6) is 0 Å². The normalized spacial score (nSPS) is 10.9. The molecule has 0 saturated heterocycles. The van der Waals surface area contributed by atoms with E-state index >= 15 is 0 Å². The smallest absolute Gasteiger partial charge is 0.419 e. The van der Waals surface area contributed by atoms with Crippen molar-refractivity contribution in [2.24, 2.45) is 9.98 Å². The van der Waals surface area contributed by atoms with Gasteiger partial charge in [0.25, 0.3) is 0 Å². The largest absolute Gasteiger partial charge is 0.444 e. The van der Waals surface area contributed by atoms with Crippen LogP contribution in [0.15, 0.2) is 82.8 Å². The second-order valence-corrected chi connectivity index (χ2v) is 15.0. The van der Waals surface area contributed by atoms with Gasteiger partial charge in [0.05, 0.1) is 50.3 Å². The third-order valence-electron chi connectivity index (χ3n) is 7.86. The lowest BCUT2D eigenvalue weighted by atomic mass is 10.2. The number of hydrogen-bond donors (Lipinski definition) is 0. The Labute approximate surface area is 308 Å². The molecular formula is C36H16N8O4S4. The summed E-state index contributed by atoms with van der Waals surface area (Å²) >= 11 is 5.23. The lowest BCUT2D eigenvalue weighted by molar-refractivity contribution is 0.142. The Kier molecular flexibility index (Phi) is 8.28. The molecule has 0 aliphatic carbocycles. The van der Waals surface area contributed by atoms with E-state index in [1.807, 2.05) is 60.7 Å². The second-order valence-electron chi connectivity index (χ2n) is 10.9. The molecule has 0 fully saturated rings. The molecule has 0 aliphatic heterocycles. The summed E-state index contributed by atoms with van der Waals surface area (Å²) in [6.45, 7) is 0.0426. The van der Waals surface area contributed by atoms with Crippen molar-refractivity contribution < 1.29 is 19.1 Å². The van der Waals surface area contributed by atoms with Gasteiger partial charge < -0.3 is 9.47 Å². The fourth-order valence-electron chi connectivity index (χ4n) is 5.69. The molecule has 0 saturated carbocycles. The van der Waals surface area contributed by atoms with Crippen LogP contribution in [0.1, 0.15) is 11.1 Å². The van der Waals surface area contributed by atoms with Crippen molar-refractivity contribution >= 4 is 129 Å². The van der Waals surface area contributed by atoms with Gasteiger partial charge in [0, 0.05) is 0 Å². The minimum Gasteiger partial charge on any atom is -0.444 e. The average molecular weight is 753 g/mol. The molecule has 52 heavy (non-hydrogen) atoms. The number of hydrogen-bond acceptors (Lipinski definition) is 14. The number of ether oxygens (including phenoxy) is 2. The van der Waals surface area contributed by atoms with Crippen molar-refractivity contribution in [2.75, 3.05) is 0 Å². The van der Waals surface area contributed by atoms with Gasteiger partial charge in [0.1, 0.15) is 47.5 Å². The maximum atomic E-state index is 14.0. The van der Waals surface area contributed by atoms with Gasteiger partial charge in [0.2, 0.25) is 11.4 Å². The molecule has 0 aliphatic rings. The molecular weight excluding hydrogens is 737 g/mol. The summed E-state index contributed by atoms with van der Waals surface area (Å²) in [4.78, 5) is 36.3. The topological polar surface area (TPSA) is 182 Å². The zero-order valence-electron chi connectivity index (χ0n) is 26.2. The van der Waals surface area contributed by atoms with Crippen LogP contribution in [0.3, 0.4) is 0 Å². The number of fused-ring (bicyclic) bond motifs is 9. The maximum absolute atomic E-state index is 14.0. The third-order valence-corrected chi connectivity index (χ3v) is 12.7. The first-order valence-corrected chi connectivity index (χ1v) is 18.4. The highest BCUT2D eigenvalue weighted by molar-refractivity contribution is 7.40. The average Bonchev–Trinajstić information content (AvgIpc) is 4.00. The number of nitrogens with zero attached hydrogens (tertiary/aromatic N) is 8. The van der Waals surface area contributed by atoms with E-state index in [0.29, 0.717) is 41.5 Å². The highest BCUT2D eigenvalue weighted by atomic mass is 32.1. The van der Waals surface area contributed by atoms with Crippen LogP contribution in [0.4, 0.5) is 19.6 Å². The maximum Gasteiger partial charge on any atom is 0.419 e. The van der Waals surface area contributed by atoms with Crippen molar-refractivity contribution in [3.8, 4) is 24.3 Å². The van der Waals surface area contributed by atoms with Gasteiger partial charge in [0.15, 0.2) is 0 Å². The molecule has 16 heteroatoms. The second kappa shape index (κ2) is 13.2. The van der Waals surface area contributed by atoms with E-state index in [1.165, 1.54) is 54.5 Å². The molecule has 12 nitrogen and oxygen atoms in total. The summed E-state index contributed by atoms with van der Waals surface area (Å²) in [5.41, 5.74) is 3.13. The Morgan fingerprint density at radius 1 is 0.558 bits per heavy atom. The first kappa shape index (κ1) is 32.5. The number of benzene rings is 2. The Morgan fingerprint density at radius 2 is 0.923 bits per heavy atom. The molecule has 0 amide bonds. The van der Waals surface area contributed by atoms with E-state index in [1.54, 1.807) is 36.4 Å². The van der Waals surface area contributed by atoms with Crippen molar-refractivity contribution in [1.29, 1.82) is 21.0 Å². The molecule has 6 aromatic heterocycles. The number of rotatable bonds is 6. The standard InChI is InChI=1S/C36H16N8O4S4/c37-13-21(14-38)41-25-11-23-29(49-25)31-27(43(23)35(45)47-17-19-7-3-1-4-8-19)33-34(51-31)28-32(52-33)30-24(12-26(50-30)42-22(15-39)16-40)44(28)36(46)48-18-20-9-5-2-6-10-20/h1-12H,17-18H2. The lowest BCUT2D eigenvalue weighted by Gasteiger charge is -2.07. The number of aliphatic imine (C=N–C) groups is 2. The number of nitriles is 4. The molecule has 6 heterocycles. The van der Waals surface area contributed by atoms with Crippen LogP contribution >= 0.6 is 45.3 Å². The fourth-order valence-corrected chi connectivity index (χ4v) is 10.8. The summed E-state index contributed by atoms with van der Waals surface area (Å²) in [5.74, 6) is 0. The number of thiophene rings is 4. The van der Waals surface area contributed by atoms with Crippen LogP contribution < -0.4 is 0 Å². The molecule has 0 unspecified atom stereocenters. The van der Waals surface area contributed by atoms with Crippen LogP contribution in [-0.2, 0) is 22.7 Å². The Bertz CT molecular complexity index is 2770. The van der Waals surface area contributed by atoms with Gasteiger partial charge in [-0.05, 0) is 23.3 Å². The van der Waals surface area contributed by atoms with E-state index in [4.69, 9.17) is 9.47 Å². The van der Waals surface area contributed by atoms with Crippen molar-refractivity contribution in [2.45, 2.75) is 13.2 Å². The molecule has 8 aromatic rings. The highest BCUT2D eigenvalue weighted by Crippen LogP contribution is 2.53. The van der Waals surface area contributed by atoms with Gasteiger partial charge in [-0.15, -0.1) is 45.3 Å². The van der Waals surface area contributed by atoms with Gasteiger partial charge in [-0.3, -0.25) is 0 Å². The predicted molar refractivity (Wildman–Crippen MR) is 202 cm³/mol. The van der Waals surface area contributed by atoms with Crippen LogP contribution in [0.25, 0.3) is 50.3 Å². The summed E-state index contributed by atoms with van der Waals surface area (Å²) in [6, 6.07) is 28.9. The molecule has 0 radical (unpaired) electrons. The summed E-state index contributed by atoms with van der Waals surface area (Å²) in [6.07, 6.45) is -1.28. The third kappa shape index (κ3) is 5.46. The van der Waals surface area contributed by atoms with Gasteiger partial charge in [-0.2, -0.15) is 21.0 Å². The Hall–Kier alpha value is -6.66. The van der Waals surface area contributed by atoms with Crippen LogP contribution in [0.2, 0.25) is 0 Å².